The number of hydrogen-bond acceptors (Lipinski definition) is 9. The van der Waals surface area contributed by atoms with Crippen molar-refractivity contribution in [3.05, 3.63) is 84.4 Å². The molecule has 0 atom stereocenters. The monoisotopic (exact) mass is 782 g/mol. The summed E-state index contributed by atoms with van der Waals surface area (Å²) in [7, 11) is -8.11. The average Bonchev–Trinajstić information content (AvgIpc) is 3.03. The Morgan fingerprint density at radius 1 is 0.426 bits per heavy atom. The zero-order chi connectivity index (χ0) is 40.0. The van der Waals surface area contributed by atoms with E-state index in [4.69, 9.17) is 32.1 Å². The molecule has 296 valence electrons. The molecular formula is C43H58O9S2. The highest BCUT2D eigenvalue weighted by Gasteiger charge is 2.48. The van der Waals surface area contributed by atoms with Gasteiger partial charge in [0.05, 0.1) is 41.5 Å². The van der Waals surface area contributed by atoms with Crippen molar-refractivity contribution in [2.75, 3.05) is 0 Å². The quantitative estimate of drug-likeness (QED) is 0.0976. The van der Waals surface area contributed by atoms with Crippen molar-refractivity contribution in [2.45, 2.75) is 146 Å². The van der Waals surface area contributed by atoms with Gasteiger partial charge in [0.1, 0.15) is 44.3 Å². The van der Waals surface area contributed by atoms with Crippen LogP contribution in [0, 0.1) is 6.92 Å². The van der Waals surface area contributed by atoms with Gasteiger partial charge in [0, 0.05) is 29.2 Å². The lowest BCUT2D eigenvalue weighted by atomic mass is 10.2. The summed E-state index contributed by atoms with van der Waals surface area (Å²) >= 11 is 0. The van der Waals surface area contributed by atoms with Crippen LogP contribution in [-0.2, 0) is 13.7 Å². The number of ether oxygens (including phenoxy) is 6. The van der Waals surface area contributed by atoms with Gasteiger partial charge in [-0.2, -0.15) is 8.42 Å². The minimum atomic E-state index is -4.57. The van der Waals surface area contributed by atoms with Crippen LogP contribution in [0.4, 0.5) is 0 Å². The number of benzene rings is 4. The molecule has 0 saturated carbocycles. The van der Waals surface area contributed by atoms with Gasteiger partial charge in [-0.1, -0.05) is 35.9 Å². The van der Waals surface area contributed by atoms with E-state index in [1.54, 1.807) is 48.5 Å². The summed E-state index contributed by atoms with van der Waals surface area (Å²) in [5.41, 5.74) is 0.901. The second-order valence-electron chi connectivity index (χ2n) is 14.7. The summed E-state index contributed by atoms with van der Waals surface area (Å²) in [6, 6.07) is 23.0. The van der Waals surface area contributed by atoms with Crippen molar-refractivity contribution in [3.8, 4) is 34.5 Å². The molecule has 0 bridgehead atoms. The van der Waals surface area contributed by atoms with Gasteiger partial charge < -0.3 is 28.4 Å². The first kappa shape index (κ1) is 42.7. The van der Waals surface area contributed by atoms with E-state index in [9.17, 15) is 0 Å². The molecule has 0 heterocycles. The lowest BCUT2D eigenvalue weighted by Gasteiger charge is -2.43. The van der Waals surface area contributed by atoms with Gasteiger partial charge in [0.2, 0.25) is 0 Å². The van der Waals surface area contributed by atoms with Crippen LogP contribution in [0.25, 0.3) is 0 Å². The van der Waals surface area contributed by atoms with Crippen LogP contribution >= 0.6 is 10.3 Å². The fourth-order valence-electron chi connectivity index (χ4n) is 5.65. The molecule has 4 aromatic carbocycles. The van der Waals surface area contributed by atoms with E-state index in [2.05, 4.69) is 0 Å². The molecule has 54 heavy (non-hydrogen) atoms. The minimum Gasteiger partial charge on any atom is -0.491 e. The van der Waals surface area contributed by atoms with Gasteiger partial charge in [0.15, 0.2) is 0 Å². The summed E-state index contributed by atoms with van der Waals surface area (Å²) in [4.78, 5) is 1.24. The van der Waals surface area contributed by atoms with E-state index in [1.165, 1.54) is 0 Å². The normalized spacial score (nSPS) is 12.6. The predicted octanol–water partition coefficient (Wildman–Crippen LogP) is 11.3. The smallest absolute Gasteiger partial charge is 0.307 e. The molecule has 4 rings (SSSR count). The highest BCUT2D eigenvalue weighted by molar-refractivity contribution is 8.33. The molecule has 0 radical (unpaired) electrons. The SMILES string of the molecule is Cc1ccc(S(=O)(=O)OS(c2ccccc2)(c2c(OC(C)C)cc(OC(C)C)cc2OC(C)C)c2c(OC(C)C)cc(OC(C)C)cc2OC(C)C)cc1. The van der Waals surface area contributed by atoms with Gasteiger partial charge in [0.25, 0.3) is 0 Å². The van der Waals surface area contributed by atoms with Crippen molar-refractivity contribution in [1.82, 2.24) is 0 Å². The van der Waals surface area contributed by atoms with Crippen LogP contribution < -0.4 is 28.4 Å². The van der Waals surface area contributed by atoms with Crippen LogP contribution in [0.15, 0.2) is 98.4 Å². The molecule has 0 aromatic heterocycles. The number of aryl methyl sites for hydroxylation is 1. The molecule has 0 aliphatic rings. The summed E-state index contributed by atoms with van der Waals surface area (Å²) in [6.45, 7) is 24.9. The number of hydrogen-bond donors (Lipinski definition) is 0. The van der Waals surface area contributed by atoms with E-state index in [0.717, 1.165) is 5.56 Å². The highest BCUT2D eigenvalue weighted by atomic mass is 32.3. The summed E-state index contributed by atoms with van der Waals surface area (Å²) < 4.78 is 76.2. The van der Waals surface area contributed by atoms with Crippen LogP contribution in [-0.4, -0.2) is 45.0 Å². The maximum atomic E-state index is 15.0. The van der Waals surface area contributed by atoms with Crippen molar-refractivity contribution in [1.29, 1.82) is 0 Å². The van der Waals surface area contributed by atoms with E-state index in [0.29, 0.717) is 49.2 Å². The van der Waals surface area contributed by atoms with Crippen LogP contribution in [0.5, 0.6) is 34.5 Å². The first-order valence-electron chi connectivity index (χ1n) is 18.6. The van der Waals surface area contributed by atoms with Crippen molar-refractivity contribution in [2.24, 2.45) is 0 Å². The highest BCUT2D eigenvalue weighted by Crippen LogP contribution is 2.78. The first-order chi connectivity index (χ1) is 25.3. The molecule has 4 aromatic rings. The third kappa shape index (κ3) is 10.6. The minimum absolute atomic E-state index is 0.0178. The molecule has 0 aliphatic heterocycles. The maximum Gasteiger partial charge on any atom is 0.307 e. The average molecular weight is 783 g/mol. The zero-order valence-electron chi connectivity index (χ0n) is 34.0. The van der Waals surface area contributed by atoms with Crippen LogP contribution in [0.3, 0.4) is 0 Å². The maximum absolute atomic E-state index is 15.0. The lowest BCUT2D eigenvalue weighted by molar-refractivity contribution is 0.205. The zero-order valence-corrected chi connectivity index (χ0v) is 35.6. The van der Waals surface area contributed by atoms with Crippen molar-refractivity contribution in [3.63, 3.8) is 0 Å². The summed E-state index contributed by atoms with van der Waals surface area (Å²) in [6.07, 6.45) is -1.72. The molecule has 0 saturated heterocycles. The second kappa shape index (κ2) is 18.0. The fraction of sp³-hybridized carbons (Fsp3) is 0.442. The molecule has 0 spiro atoms. The van der Waals surface area contributed by atoms with Gasteiger partial charge in [-0.3, -0.25) is 0 Å². The Kier molecular flexibility index (Phi) is 14.3. The van der Waals surface area contributed by atoms with E-state index in [1.807, 2.05) is 120 Å². The Morgan fingerprint density at radius 2 is 0.759 bits per heavy atom. The second-order valence-corrected chi connectivity index (χ2v) is 19.0. The molecule has 0 unspecified atom stereocenters. The van der Waals surface area contributed by atoms with Gasteiger partial charge in [-0.25, -0.2) is 3.63 Å². The molecule has 0 aliphatic carbocycles. The van der Waals surface area contributed by atoms with Crippen molar-refractivity contribution >= 4 is 20.4 Å². The molecule has 0 fully saturated rings. The Hall–Kier alpha value is -4.06. The van der Waals surface area contributed by atoms with E-state index >= 15 is 8.42 Å². The Labute approximate surface area is 324 Å². The molecular weight excluding hydrogens is 725 g/mol. The fourth-order valence-corrected chi connectivity index (χ4v) is 11.1. The summed E-state index contributed by atoms with van der Waals surface area (Å²) in [5, 5.41) is 0. The Bertz CT molecular complexity index is 1790. The first-order valence-corrected chi connectivity index (χ1v) is 21.6. The lowest BCUT2D eigenvalue weighted by Crippen LogP contribution is -2.21. The largest absolute Gasteiger partial charge is 0.491 e. The standard InChI is InChI=1S/C43H58O9S2/c1-27(2)46-34-23-38(48-29(5)6)42(39(24-34)49-30(7)8)53(36-17-15-14-16-18-36,52-54(44,45)37-21-19-33(13)20-22-37)43-40(50-31(9)10)25-35(47-28(3)4)26-41(43)51-32(11)12/h14-32H,1-13H3. The molecule has 9 nitrogen and oxygen atoms in total. The predicted molar refractivity (Wildman–Crippen MR) is 216 cm³/mol. The van der Waals surface area contributed by atoms with E-state index in [-0.39, 0.29) is 41.5 Å². The Morgan fingerprint density at radius 3 is 1.07 bits per heavy atom. The van der Waals surface area contributed by atoms with Gasteiger partial charge in [-0.15, -0.1) is 0 Å². The molecule has 0 N–H and O–H groups in total. The van der Waals surface area contributed by atoms with Crippen LogP contribution in [0.2, 0.25) is 0 Å². The topological polar surface area (TPSA) is 98.8 Å². The number of rotatable bonds is 18. The van der Waals surface area contributed by atoms with Crippen LogP contribution in [0.1, 0.15) is 88.6 Å². The summed E-state index contributed by atoms with van der Waals surface area (Å²) in [5.74, 6) is 2.27. The third-order valence-corrected chi connectivity index (χ3v) is 12.6. The van der Waals surface area contributed by atoms with Crippen molar-refractivity contribution < 1.29 is 40.5 Å². The molecule has 0 amide bonds. The van der Waals surface area contributed by atoms with Gasteiger partial charge >= 0.3 is 10.1 Å². The third-order valence-electron chi connectivity index (χ3n) is 7.33. The van der Waals surface area contributed by atoms with Gasteiger partial charge in [-0.05, 0) is 125 Å². The molecule has 11 heteroatoms. The van der Waals surface area contributed by atoms with E-state index < -0.39 is 20.4 Å². The Balaban J connectivity index is 2.40.